The van der Waals surface area contributed by atoms with E-state index in [-0.39, 0.29) is 50.8 Å². The number of amides is 2. The van der Waals surface area contributed by atoms with Gasteiger partial charge >= 0.3 is 0 Å². The Balaban J connectivity index is 1.34. The molecule has 2 saturated heterocycles. The van der Waals surface area contributed by atoms with E-state index in [9.17, 15) is 19.5 Å². The number of aromatic hydroxyl groups is 1. The van der Waals surface area contributed by atoms with Gasteiger partial charge in [-0.1, -0.05) is 23.2 Å². The highest BCUT2D eigenvalue weighted by Gasteiger charge is 2.38. The molecule has 0 aliphatic carbocycles. The van der Waals surface area contributed by atoms with Crippen LogP contribution in [0.3, 0.4) is 0 Å². The van der Waals surface area contributed by atoms with Crippen molar-refractivity contribution in [2.24, 2.45) is 12.8 Å². The van der Waals surface area contributed by atoms with Crippen molar-refractivity contribution in [2.45, 2.75) is 31.5 Å². The van der Waals surface area contributed by atoms with Crippen molar-refractivity contribution >= 4 is 57.6 Å². The maximum atomic E-state index is 13.3. The van der Waals surface area contributed by atoms with Crippen LogP contribution in [0.1, 0.15) is 23.2 Å². The van der Waals surface area contributed by atoms with E-state index >= 15 is 0 Å². The minimum atomic E-state index is -0.890. The summed E-state index contributed by atoms with van der Waals surface area (Å²) in [5.41, 5.74) is 6.18. The summed E-state index contributed by atoms with van der Waals surface area (Å²) in [6, 6.07) is 4.96. The molecule has 14 heteroatoms. The van der Waals surface area contributed by atoms with Gasteiger partial charge in [-0.15, -0.1) is 0 Å². The van der Waals surface area contributed by atoms with E-state index in [0.717, 1.165) is 12.8 Å². The molecule has 0 radical (unpaired) electrons. The molecule has 4 aromatic rings. The number of primary amides is 1. The van der Waals surface area contributed by atoms with Crippen molar-refractivity contribution in [3.63, 3.8) is 0 Å². The summed E-state index contributed by atoms with van der Waals surface area (Å²) in [5.74, 6) is -1.05. The van der Waals surface area contributed by atoms with E-state index in [4.69, 9.17) is 33.7 Å². The molecular formula is C27H25Cl2N7O5. The number of phenols is 1. The Bertz CT molecular complexity index is 1770. The Hall–Kier alpha value is -4.13. The molecule has 2 bridgehead atoms. The van der Waals surface area contributed by atoms with Crippen LogP contribution in [-0.4, -0.2) is 61.3 Å². The average Bonchev–Trinajstić information content (AvgIpc) is 3.42. The molecule has 5 heterocycles. The Morgan fingerprint density at radius 3 is 2.59 bits per heavy atom. The number of benzene rings is 1. The van der Waals surface area contributed by atoms with Gasteiger partial charge in [-0.25, -0.2) is 9.97 Å². The van der Waals surface area contributed by atoms with Crippen molar-refractivity contribution in [1.82, 2.24) is 19.1 Å². The number of rotatable bonds is 6. The fourth-order valence-electron chi connectivity index (χ4n) is 5.56. The molecule has 0 spiro atoms. The number of carbonyl (C=O) groups is 2. The highest BCUT2D eigenvalue weighted by Crippen LogP contribution is 2.37. The predicted octanol–water partition coefficient (Wildman–Crippen LogP) is 2.91. The average molecular weight is 598 g/mol. The van der Waals surface area contributed by atoms with Crippen LogP contribution in [0, 0.1) is 0 Å². The topological polar surface area (TPSA) is 158 Å². The highest BCUT2D eigenvalue weighted by molar-refractivity contribution is 6.34. The van der Waals surface area contributed by atoms with Gasteiger partial charge in [0.25, 0.3) is 11.5 Å². The van der Waals surface area contributed by atoms with Gasteiger partial charge in [0.1, 0.15) is 23.8 Å². The molecule has 2 atom stereocenters. The first-order valence-corrected chi connectivity index (χ1v) is 13.6. The van der Waals surface area contributed by atoms with E-state index in [1.54, 1.807) is 19.3 Å². The van der Waals surface area contributed by atoms with Crippen molar-refractivity contribution in [3.05, 3.63) is 62.9 Å². The Morgan fingerprint density at radius 2 is 1.88 bits per heavy atom. The van der Waals surface area contributed by atoms with Crippen LogP contribution in [0.25, 0.3) is 22.2 Å². The number of anilines is 2. The number of hydrogen-bond acceptors (Lipinski definition) is 8. The summed E-state index contributed by atoms with van der Waals surface area (Å²) < 4.78 is 8.48. The van der Waals surface area contributed by atoms with Gasteiger partial charge in [-0.05, 0) is 30.5 Å². The largest absolute Gasteiger partial charge is 0.506 e. The molecule has 212 valence electrons. The lowest BCUT2D eigenvalue weighted by molar-refractivity contribution is -0.116. The third kappa shape index (κ3) is 4.77. The number of halogens is 2. The fraction of sp³-hybridized carbons (Fsp3) is 0.296. The number of nitrogens with zero attached hydrogens (tertiary/aromatic N) is 5. The van der Waals surface area contributed by atoms with Gasteiger partial charge in [0.15, 0.2) is 0 Å². The Labute approximate surface area is 243 Å². The van der Waals surface area contributed by atoms with E-state index < -0.39 is 17.6 Å². The first-order valence-electron chi connectivity index (χ1n) is 12.8. The third-order valence-corrected chi connectivity index (χ3v) is 8.10. The van der Waals surface area contributed by atoms with Crippen LogP contribution in [0.4, 0.5) is 11.5 Å². The second-order valence-corrected chi connectivity index (χ2v) is 11.0. The number of carbonyl (C=O) groups excluding carboxylic acids is 2. The maximum absolute atomic E-state index is 13.3. The maximum Gasteiger partial charge on any atom is 0.263 e. The summed E-state index contributed by atoms with van der Waals surface area (Å²) in [6.07, 6.45) is 6.46. The first kappa shape index (κ1) is 27.1. The Morgan fingerprint density at radius 1 is 1.15 bits per heavy atom. The SMILES string of the molecule is Cn1cnc2c(c(-c3cc(Cl)c(O)c(C(N)=O)c3)cn2CC(=O)Nc2cc(N3C4CCC3COC4)ncc2Cl)c1=O. The van der Waals surface area contributed by atoms with E-state index in [1.165, 1.54) is 33.8 Å². The van der Waals surface area contributed by atoms with Crippen LogP contribution in [0.2, 0.25) is 10.0 Å². The number of aromatic nitrogens is 4. The number of nitrogens with two attached hydrogens (primary N) is 1. The van der Waals surface area contributed by atoms with Gasteiger partial charge in [0.05, 0.1) is 64.5 Å². The summed E-state index contributed by atoms with van der Waals surface area (Å²) in [5, 5.41) is 13.4. The van der Waals surface area contributed by atoms with Gasteiger partial charge in [-0.3, -0.25) is 14.4 Å². The number of pyridine rings is 1. The van der Waals surface area contributed by atoms with Gasteiger partial charge in [0, 0.05) is 24.9 Å². The lowest BCUT2D eigenvalue weighted by Gasteiger charge is -2.35. The molecule has 1 aromatic carbocycles. The van der Waals surface area contributed by atoms with Gasteiger partial charge in [-0.2, -0.15) is 0 Å². The monoisotopic (exact) mass is 597 g/mol. The smallest absolute Gasteiger partial charge is 0.263 e. The number of morpholine rings is 1. The van der Waals surface area contributed by atoms with E-state index in [0.29, 0.717) is 35.8 Å². The molecule has 12 nitrogen and oxygen atoms in total. The van der Waals surface area contributed by atoms with Crippen LogP contribution in [-0.2, 0) is 23.1 Å². The number of nitrogens with one attached hydrogen (secondary N) is 1. The molecule has 4 N–H and O–H groups in total. The van der Waals surface area contributed by atoms with Gasteiger partial charge in [0.2, 0.25) is 5.91 Å². The number of ether oxygens (including phenoxy) is 1. The summed E-state index contributed by atoms with van der Waals surface area (Å²) in [4.78, 5) is 49.4. The Kier molecular flexibility index (Phi) is 6.84. The van der Waals surface area contributed by atoms with Crippen LogP contribution in [0.5, 0.6) is 5.75 Å². The number of hydrogen-bond donors (Lipinski definition) is 3. The normalized spacial score (nSPS) is 18.2. The second kappa shape index (κ2) is 10.4. The molecule has 2 aliphatic heterocycles. The zero-order chi connectivity index (χ0) is 29.0. The van der Waals surface area contributed by atoms with E-state index in [2.05, 4.69) is 20.2 Å². The van der Waals surface area contributed by atoms with Crippen molar-refractivity contribution in [2.75, 3.05) is 23.4 Å². The van der Waals surface area contributed by atoms with Crippen LogP contribution < -0.4 is 21.5 Å². The van der Waals surface area contributed by atoms with Gasteiger partial charge < -0.3 is 34.9 Å². The predicted molar refractivity (Wildman–Crippen MR) is 154 cm³/mol. The molecule has 2 aliphatic rings. The zero-order valence-electron chi connectivity index (χ0n) is 21.8. The molecule has 2 fully saturated rings. The zero-order valence-corrected chi connectivity index (χ0v) is 23.3. The number of aryl methyl sites for hydroxylation is 1. The molecule has 2 unspecified atom stereocenters. The lowest BCUT2D eigenvalue weighted by Crippen LogP contribution is -2.46. The van der Waals surface area contributed by atoms with Crippen molar-refractivity contribution in [3.8, 4) is 16.9 Å². The second-order valence-electron chi connectivity index (χ2n) is 10.1. The number of fused-ring (bicyclic) bond motifs is 3. The highest BCUT2D eigenvalue weighted by atomic mass is 35.5. The quantitative estimate of drug-likeness (QED) is 0.306. The van der Waals surface area contributed by atoms with Crippen molar-refractivity contribution in [1.29, 1.82) is 0 Å². The fourth-order valence-corrected chi connectivity index (χ4v) is 5.93. The lowest BCUT2D eigenvalue weighted by atomic mass is 10.0. The van der Waals surface area contributed by atoms with Crippen molar-refractivity contribution < 1.29 is 19.4 Å². The first-order chi connectivity index (χ1) is 19.6. The molecular weight excluding hydrogens is 573 g/mol. The van der Waals surface area contributed by atoms with E-state index in [1.807, 2.05) is 0 Å². The van der Waals surface area contributed by atoms with Crippen LogP contribution >= 0.6 is 23.2 Å². The molecule has 3 aromatic heterocycles. The molecule has 2 amide bonds. The standard InChI is InChI=1S/C27H25Cl2N7O5/c1-34-12-32-26-23(27(34)40)17(13-4-16(25(30)39)24(38)18(28)5-13)8-35(26)9-22(37)33-20-6-21(31-7-19(20)29)36-14-2-3-15(36)11-41-10-14/h4-8,12,14-15,38H,2-3,9-11H2,1H3,(H2,30,39)(H,31,33,37). The summed E-state index contributed by atoms with van der Waals surface area (Å²) in [6.45, 7) is 1.05. The summed E-state index contributed by atoms with van der Waals surface area (Å²) in [7, 11) is 1.55. The minimum Gasteiger partial charge on any atom is -0.506 e. The molecule has 0 saturated carbocycles. The minimum absolute atomic E-state index is 0.118. The summed E-state index contributed by atoms with van der Waals surface area (Å²) >= 11 is 12.6. The molecule has 6 rings (SSSR count). The van der Waals surface area contributed by atoms with Crippen LogP contribution in [0.15, 0.2) is 41.7 Å². The molecule has 41 heavy (non-hydrogen) atoms. The third-order valence-electron chi connectivity index (χ3n) is 7.51.